The Labute approximate surface area is 140 Å². The van der Waals surface area contributed by atoms with Gasteiger partial charge in [0.15, 0.2) is 0 Å². The lowest BCUT2D eigenvalue weighted by Gasteiger charge is -2.21. The number of benzene rings is 1. The van der Waals surface area contributed by atoms with E-state index in [1.807, 2.05) is 36.1 Å². The summed E-state index contributed by atoms with van der Waals surface area (Å²) in [5.74, 6) is 0.257. The van der Waals surface area contributed by atoms with Gasteiger partial charge in [0.05, 0.1) is 5.69 Å². The zero-order chi connectivity index (χ0) is 16.2. The summed E-state index contributed by atoms with van der Waals surface area (Å²) in [6.07, 6.45) is 0.951. The van der Waals surface area contributed by atoms with Crippen molar-refractivity contribution < 1.29 is 9.32 Å². The van der Waals surface area contributed by atoms with Gasteiger partial charge < -0.3 is 9.42 Å². The third-order valence-corrected chi connectivity index (χ3v) is 4.29. The summed E-state index contributed by atoms with van der Waals surface area (Å²) in [5.41, 5.74) is 1.97. The van der Waals surface area contributed by atoms with Crippen molar-refractivity contribution in [1.82, 2.24) is 15.0 Å². The van der Waals surface area contributed by atoms with Crippen LogP contribution in [0.1, 0.15) is 28.2 Å². The van der Waals surface area contributed by atoms with Gasteiger partial charge in [0.2, 0.25) is 5.76 Å². The minimum atomic E-state index is -0.0704. The van der Waals surface area contributed by atoms with Crippen LogP contribution in [0.25, 0.3) is 0 Å². The minimum absolute atomic E-state index is 0.0704. The first-order valence-electron chi connectivity index (χ1n) is 7.81. The maximum Gasteiger partial charge on any atom is 0.292 e. The highest BCUT2D eigenvalue weighted by atomic mass is 35.5. The molecule has 2 aromatic rings. The lowest BCUT2D eigenvalue weighted by atomic mass is 10.2. The van der Waals surface area contributed by atoms with E-state index >= 15 is 0 Å². The van der Waals surface area contributed by atoms with Crippen LogP contribution in [0.15, 0.2) is 34.9 Å². The molecule has 1 aromatic carbocycles. The molecule has 1 fully saturated rings. The first-order valence-corrected chi connectivity index (χ1v) is 8.19. The van der Waals surface area contributed by atoms with Gasteiger partial charge in [-0.25, -0.2) is 0 Å². The molecular formula is C17H20ClN3O2. The van der Waals surface area contributed by atoms with Gasteiger partial charge in [-0.1, -0.05) is 28.9 Å². The maximum atomic E-state index is 12.4. The average Bonchev–Trinajstić information content (AvgIpc) is 2.84. The van der Waals surface area contributed by atoms with E-state index in [-0.39, 0.29) is 5.91 Å². The largest absolute Gasteiger partial charge is 0.351 e. The van der Waals surface area contributed by atoms with Crippen molar-refractivity contribution in [2.75, 3.05) is 26.2 Å². The van der Waals surface area contributed by atoms with E-state index in [0.29, 0.717) is 12.3 Å². The highest BCUT2D eigenvalue weighted by Gasteiger charge is 2.23. The van der Waals surface area contributed by atoms with E-state index in [1.165, 1.54) is 5.56 Å². The van der Waals surface area contributed by atoms with Crippen molar-refractivity contribution in [3.05, 3.63) is 52.4 Å². The first-order chi connectivity index (χ1) is 11.1. The Morgan fingerprint density at radius 2 is 2.00 bits per heavy atom. The molecule has 3 rings (SSSR count). The van der Waals surface area contributed by atoms with Gasteiger partial charge in [-0.3, -0.25) is 9.69 Å². The predicted octanol–water partition coefficient (Wildman–Crippen LogP) is 2.98. The molecular weight excluding hydrogens is 314 g/mol. The molecule has 0 aliphatic carbocycles. The SMILES string of the molecule is Cc1cc(C(=O)N2CCCN(Cc3ccc(Cl)cc3)CC2)on1. The summed E-state index contributed by atoms with van der Waals surface area (Å²) in [6.45, 7) is 5.96. The number of carbonyl (C=O) groups excluding carboxylic acids is 1. The number of hydrogen-bond acceptors (Lipinski definition) is 4. The highest BCUT2D eigenvalue weighted by molar-refractivity contribution is 6.30. The average molecular weight is 334 g/mol. The normalized spacial score (nSPS) is 16.3. The summed E-state index contributed by atoms with van der Waals surface area (Å²) >= 11 is 5.92. The highest BCUT2D eigenvalue weighted by Crippen LogP contribution is 2.14. The van der Waals surface area contributed by atoms with E-state index in [2.05, 4.69) is 10.1 Å². The lowest BCUT2D eigenvalue weighted by Crippen LogP contribution is -2.34. The fourth-order valence-electron chi connectivity index (χ4n) is 2.80. The van der Waals surface area contributed by atoms with E-state index in [9.17, 15) is 4.79 Å². The number of aromatic nitrogens is 1. The van der Waals surface area contributed by atoms with Crippen LogP contribution in [0.4, 0.5) is 0 Å². The fourth-order valence-corrected chi connectivity index (χ4v) is 2.93. The zero-order valence-electron chi connectivity index (χ0n) is 13.2. The van der Waals surface area contributed by atoms with E-state index in [1.54, 1.807) is 6.07 Å². The molecule has 0 saturated carbocycles. The Bertz CT molecular complexity index is 669. The number of rotatable bonds is 3. The number of amides is 1. The molecule has 0 N–H and O–H groups in total. The van der Waals surface area contributed by atoms with Crippen molar-refractivity contribution in [3.8, 4) is 0 Å². The topological polar surface area (TPSA) is 49.6 Å². The zero-order valence-corrected chi connectivity index (χ0v) is 13.9. The van der Waals surface area contributed by atoms with Crippen molar-refractivity contribution in [1.29, 1.82) is 0 Å². The van der Waals surface area contributed by atoms with Crippen LogP contribution < -0.4 is 0 Å². The van der Waals surface area contributed by atoms with Gasteiger partial charge in [-0.05, 0) is 31.0 Å². The molecule has 1 saturated heterocycles. The monoisotopic (exact) mass is 333 g/mol. The number of hydrogen-bond donors (Lipinski definition) is 0. The van der Waals surface area contributed by atoms with Crippen LogP contribution in [0.3, 0.4) is 0 Å². The predicted molar refractivity (Wildman–Crippen MR) is 88.5 cm³/mol. The van der Waals surface area contributed by atoms with E-state index < -0.39 is 0 Å². The lowest BCUT2D eigenvalue weighted by molar-refractivity contribution is 0.0719. The molecule has 0 radical (unpaired) electrons. The van der Waals surface area contributed by atoms with E-state index in [0.717, 1.165) is 43.3 Å². The number of carbonyl (C=O) groups is 1. The molecule has 23 heavy (non-hydrogen) atoms. The first kappa shape index (κ1) is 16.0. The van der Waals surface area contributed by atoms with Crippen LogP contribution in [-0.2, 0) is 6.54 Å². The Morgan fingerprint density at radius 3 is 2.70 bits per heavy atom. The Kier molecular flexibility index (Phi) is 4.98. The maximum absolute atomic E-state index is 12.4. The minimum Gasteiger partial charge on any atom is -0.351 e. The molecule has 122 valence electrons. The van der Waals surface area contributed by atoms with Crippen molar-refractivity contribution in [3.63, 3.8) is 0 Å². The van der Waals surface area contributed by atoms with Crippen LogP contribution in [-0.4, -0.2) is 47.0 Å². The van der Waals surface area contributed by atoms with Gasteiger partial charge in [0.1, 0.15) is 0 Å². The summed E-state index contributed by atoms with van der Waals surface area (Å²) in [5, 5.41) is 4.54. The molecule has 0 bridgehead atoms. The standard InChI is InChI=1S/C17H20ClN3O2/c1-13-11-16(23-19-13)17(22)21-8-2-7-20(9-10-21)12-14-3-5-15(18)6-4-14/h3-6,11H,2,7-10,12H2,1H3. The summed E-state index contributed by atoms with van der Waals surface area (Å²) in [7, 11) is 0. The van der Waals surface area contributed by atoms with Gasteiger partial charge in [0, 0.05) is 43.8 Å². The van der Waals surface area contributed by atoms with Gasteiger partial charge in [-0.15, -0.1) is 0 Å². The fraction of sp³-hybridized carbons (Fsp3) is 0.412. The molecule has 0 unspecified atom stereocenters. The van der Waals surface area contributed by atoms with Crippen molar-refractivity contribution in [2.45, 2.75) is 19.9 Å². The molecule has 5 nitrogen and oxygen atoms in total. The third kappa shape index (κ3) is 4.12. The van der Waals surface area contributed by atoms with Crippen LogP contribution in [0.5, 0.6) is 0 Å². The smallest absolute Gasteiger partial charge is 0.292 e. The number of halogens is 1. The quantitative estimate of drug-likeness (QED) is 0.866. The second kappa shape index (κ2) is 7.15. The Morgan fingerprint density at radius 1 is 1.22 bits per heavy atom. The molecule has 1 amide bonds. The molecule has 0 atom stereocenters. The van der Waals surface area contributed by atoms with Gasteiger partial charge in [-0.2, -0.15) is 0 Å². The molecule has 2 heterocycles. The molecule has 1 aromatic heterocycles. The summed E-state index contributed by atoms with van der Waals surface area (Å²) < 4.78 is 5.09. The van der Waals surface area contributed by atoms with Crippen molar-refractivity contribution in [2.24, 2.45) is 0 Å². The Balaban J connectivity index is 1.58. The number of nitrogens with zero attached hydrogens (tertiary/aromatic N) is 3. The molecule has 1 aliphatic heterocycles. The second-order valence-electron chi connectivity index (χ2n) is 5.88. The van der Waals surface area contributed by atoms with Crippen molar-refractivity contribution >= 4 is 17.5 Å². The summed E-state index contributed by atoms with van der Waals surface area (Å²) in [6, 6.07) is 9.62. The Hall–Kier alpha value is -1.85. The van der Waals surface area contributed by atoms with Crippen LogP contribution in [0.2, 0.25) is 5.02 Å². The second-order valence-corrected chi connectivity index (χ2v) is 6.32. The third-order valence-electron chi connectivity index (χ3n) is 4.03. The van der Waals surface area contributed by atoms with E-state index in [4.69, 9.17) is 16.1 Å². The molecule has 6 heteroatoms. The van der Waals surface area contributed by atoms with Gasteiger partial charge in [0.25, 0.3) is 5.91 Å². The summed E-state index contributed by atoms with van der Waals surface area (Å²) in [4.78, 5) is 16.6. The number of aryl methyl sites for hydroxylation is 1. The molecule has 1 aliphatic rings. The van der Waals surface area contributed by atoms with Crippen LogP contribution >= 0.6 is 11.6 Å². The molecule has 0 spiro atoms. The van der Waals surface area contributed by atoms with Gasteiger partial charge >= 0.3 is 0 Å². The van der Waals surface area contributed by atoms with Crippen LogP contribution in [0, 0.1) is 6.92 Å².